The Balaban J connectivity index is 1.41. The van der Waals surface area contributed by atoms with Crippen LogP contribution >= 0.6 is 0 Å². The highest BCUT2D eigenvalue weighted by atomic mass is 19.3. The van der Waals surface area contributed by atoms with Crippen molar-refractivity contribution in [2.45, 2.75) is 37.7 Å². The summed E-state index contributed by atoms with van der Waals surface area (Å²) in [7, 11) is 0. The minimum atomic E-state index is -2.91. The summed E-state index contributed by atoms with van der Waals surface area (Å²) in [5, 5.41) is 0. The van der Waals surface area contributed by atoms with E-state index in [2.05, 4.69) is 15.0 Å². The summed E-state index contributed by atoms with van der Waals surface area (Å²) in [4.78, 5) is 13.5. The van der Waals surface area contributed by atoms with E-state index in [-0.39, 0.29) is 17.6 Å². The van der Waals surface area contributed by atoms with Crippen molar-refractivity contribution in [2.24, 2.45) is 0 Å². The summed E-state index contributed by atoms with van der Waals surface area (Å²) >= 11 is 0. The standard InChI is InChI=1S/C25H21F3N4O2/c26-19-9-22-31-20-6-5-17(16-3-1-2-4-21(16)34-25(27)28)23(20)32(22)12-18(19)15-10-29-24(30-11-15)14-7-8-33-13-14/h1-4,9-12,14,17,25H,5-8,13H2/t14?,17-/m1/s1. The molecule has 1 saturated heterocycles. The minimum Gasteiger partial charge on any atom is -0.435 e. The number of aryl methyl sites for hydroxylation is 1. The highest BCUT2D eigenvalue weighted by molar-refractivity contribution is 5.65. The molecule has 1 aromatic carbocycles. The Morgan fingerprint density at radius 1 is 1.12 bits per heavy atom. The number of imidazole rings is 1. The van der Waals surface area contributed by atoms with E-state index in [4.69, 9.17) is 9.47 Å². The summed E-state index contributed by atoms with van der Waals surface area (Å²) in [5.74, 6) is 0.387. The van der Waals surface area contributed by atoms with Crippen LogP contribution in [0.15, 0.2) is 48.9 Å². The van der Waals surface area contributed by atoms with Crippen LogP contribution in [0.1, 0.15) is 47.5 Å². The summed E-state index contributed by atoms with van der Waals surface area (Å²) in [6, 6.07) is 8.20. The SMILES string of the molecule is Fc1cc2nc3c(n2cc1-c1cnc(C2CCOC2)nc1)[C@@H](c1ccccc1OC(F)F)CC3. The quantitative estimate of drug-likeness (QED) is 0.409. The Morgan fingerprint density at radius 2 is 1.94 bits per heavy atom. The lowest BCUT2D eigenvalue weighted by molar-refractivity contribution is -0.0505. The zero-order valence-corrected chi connectivity index (χ0v) is 18.1. The molecule has 2 aliphatic rings. The number of nitrogens with zero attached hydrogens (tertiary/aromatic N) is 4. The van der Waals surface area contributed by atoms with Crippen molar-refractivity contribution in [3.63, 3.8) is 0 Å². The van der Waals surface area contributed by atoms with Crippen LogP contribution in [0.2, 0.25) is 0 Å². The molecule has 9 heteroatoms. The van der Waals surface area contributed by atoms with Gasteiger partial charge in [0.05, 0.1) is 18.0 Å². The third-order valence-electron chi connectivity index (χ3n) is 6.61. The number of benzene rings is 1. The predicted octanol–water partition coefficient (Wildman–Crippen LogP) is 5.11. The van der Waals surface area contributed by atoms with Gasteiger partial charge in [0.1, 0.15) is 23.0 Å². The number of aromatic nitrogens is 4. The number of para-hydroxylation sites is 1. The zero-order valence-electron chi connectivity index (χ0n) is 18.1. The van der Waals surface area contributed by atoms with Gasteiger partial charge in [-0.15, -0.1) is 0 Å². The van der Waals surface area contributed by atoms with Gasteiger partial charge in [0, 0.05) is 59.8 Å². The van der Waals surface area contributed by atoms with Gasteiger partial charge in [-0.1, -0.05) is 18.2 Å². The van der Waals surface area contributed by atoms with E-state index in [0.29, 0.717) is 54.2 Å². The number of fused-ring (bicyclic) bond motifs is 3. The zero-order chi connectivity index (χ0) is 23.2. The van der Waals surface area contributed by atoms with E-state index in [1.54, 1.807) is 42.9 Å². The van der Waals surface area contributed by atoms with Crippen molar-refractivity contribution in [1.29, 1.82) is 0 Å². The molecule has 6 rings (SSSR count). The molecule has 0 saturated carbocycles. The molecule has 2 atom stereocenters. The van der Waals surface area contributed by atoms with Gasteiger partial charge >= 0.3 is 6.61 Å². The molecule has 0 bridgehead atoms. The Hall–Kier alpha value is -3.46. The number of hydrogen-bond donors (Lipinski definition) is 0. The second-order valence-electron chi connectivity index (χ2n) is 8.61. The van der Waals surface area contributed by atoms with Gasteiger partial charge in [-0.2, -0.15) is 8.78 Å². The van der Waals surface area contributed by atoms with E-state index >= 15 is 4.39 Å². The van der Waals surface area contributed by atoms with Crippen LogP contribution in [0.3, 0.4) is 0 Å². The second-order valence-corrected chi connectivity index (χ2v) is 8.61. The first kappa shape index (κ1) is 21.1. The third-order valence-corrected chi connectivity index (χ3v) is 6.61. The fourth-order valence-electron chi connectivity index (χ4n) is 5.01. The summed E-state index contributed by atoms with van der Waals surface area (Å²) in [6.07, 6.45) is 7.21. The topological polar surface area (TPSA) is 61.5 Å². The van der Waals surface area contributed by atoms with E-state index < -0.39 is 12.4 Å². The van der Waals surface area contributed by atoms with Crippen LogP contribution in [0.5, 0.6) is 5.75 Å². The second kappa shape index (κ2) is 8.39. The van der Waals surface area contributed by atoms with Crippen molar-refractivity contribution in [2.75, 3.05) is 13.2 Å². The van der Waals surface area contributed by atoms with Crippen LogP contribution in [-0.2, 0) is 11.2 Å². The van der Waals surface area contributed by atoms with Crippen molar-refractivity contribution >= 4 is 5.65 Å². The number of alkyl halides is 2. The molecular formula is C25H21F3N4O2. The van der Waals surface area contributed by atoms with Gasteiger partial charge in [-0.3, -0.25) is 0 Å². The molecule has 6 nitrogen and oxygen atoms in total. The van der Waals surface area contributed by atoms with Gasteiger partial charge in [-0.25, -0.2) is 19.3 Å². The third kappa shape index (κ3) is 3.60. The normalized spacial score (nSPS) is 19.8. The number of rotatable bonds is 5. The Kier molecular flexibility index (Phi) is 5.21. The maximum atomic E-state index is 15.1. The highest BCUT2D eigenvalue weighted by Gasteiger charge is 2.32. The highest BCUT2D eigenvalue weighted by Crippen LogP contribution is 2.42. The Morgan fingerprint density at radius 3 is 2.71 bits per heavy atom. The van der Waals surface area contributed by atoms with Crippen molar-refractivity contribution in [3.8, 4) is 16.9 Å². The van der Waals surface area contributed by atoms with Crippen LogP contribution in [-0.4, -0.2) is 39.2 Å². The van der Waals surface area contributed by atoms with Gasteiger partial charge in [-0.05, 0) is 25.3 Å². The Labute approximate surface area is 193 Å². The van der Waals surface area contributed by atoms with E-state index in [1.807, 2.05) is 4.40 Å². The fraction of sp³-hybridized carbons (Fsp3) is 0.320. The molecule has 0 N–H and O–H groups in total. The molecule has 0 amide bonds. The summed E-state index contributed by atoms with van der Waals surface area (Å²) in [6.45, 7) is -1.62. The lowest BCUT2D eigenvalue weighted by atomic mass is 9.95. The molecule has 0 radical (unpaired) electrons. The van der Waals surface area contributed by atoms with Crippen LogP contribution in [0, 0.1) is 5.82 Å². The largest absolute Gasteiger partial charge is 0.435 e. The Bertz CT molecular complexity index is 1350. The smallest absolute Gasteiger partial charge is 0.387 e. The first-order valence-electron chi connectivity index (χ1n) is 11.2. The molecule has 34 heavy (non-hydrogen) atoms. The number of ether oxygens (including phenoxy) is 2. The molecule has 0 spiro atoms. The molecule has 1 fully saturated rings. The number of hydrogen-bond acceptors (Lipinski definition) is 5. The molecule has 1 aliphatic carbocycles. The lowest BCUT2D eigenvalue weighted by Crippen LogP contribution is -2.08. The van der Waals surface area contributed by atoms with Crippen molar-refractivity contribution in [3.05, 3.63) is 77.5 Å². The predicted molar refractivity (Wildman–Crippen MR) is 118 cm³/mol. The van der Waals surface area contributed by atoms with Gasteiger partial charge in [0.15, 0.2) is 0 Å². The van der Waals surface area contributed by atoms with E-state index in [0.717, 1.165) is 17.8 Å². The first-order chi connectivity index (χ1) is 16.6. The molecule has 4 aromatic rings. The van der Waals surface area contributed by atoms with Crippen LogP contribution in [0.25, 0.3) is 16.8 Å². The average Bonchev–Trinajstić information content (AvgIpc) is 3.56. The summed E-state index contributed by atoms with van der Waals surface area (Å²) in [5.41, 5.74) is 3.75. The van der Waals surface area contributed by atoms with Crippen LogP contribution < -0.4 is 4.74 Å². The van der Waals surface area contributed by atoms with Crippen molar-refractivity contribution in [1.82, 2.24) is 19.4 Å². The average molecular weight is 466 g/mol. The minimum absolute atomic E-state index is 0.146. The van der Waals surface area contributed by atoms with Gasteiger partial charge in [0.25, 0.3) is 0 Å². The maximum Gasteiger partial charge on any atom is 0.387 e. The van der Waals surface area contributed by atoms with Crippen molar-refractivity contribution < 1.29 is 22.6 Å². The molecular weight excluding hydrogens is 445 g/mol. The van der Waals surface area contributed by atoms with Crippen LogP contribution in [0.4, 0.5) is 13.2 Å². The van der Waals surface area contributed by atoms with E-state index in [1.165, 1.54) is 6.07 Å². The first-order valence-corrected chi connectivity index (χ1v) is 11.2. The van der Waals surface area contributed by atoms with E-state index in [9.17, 15) is 8.78 Å². The molecule has 1 unspecified atom stereocenters. The molecule has 4 heterocycles. The lowest BCUT2D eigenvalue weighted by Gasteiger charge is -2.17. The molecule has 3 aromatic heterocycles. The fourth-order valence-corrected chi connectivity index (χ4v) is 5.01. The summed E-state index contributed by atoms with van der Waals surface area (Å²) < 4.78 is 53.1. The molecule has 174 valence electrons. The van der Waals surface area contributed by atoms with Gasteiger partial charge in [0.2, 0.25) is 0 Å². The van der Waals surface area contributed by atoms with Gasteiger partial charge < -0.3 is 13.9 Å². The monoisotopic (exact) mass is 466 g/mol. The molecule has 1 aliphatic heterocycles. The number of halogens is 3. The number of pyridine rings is 1. The maximum absolute atomic E-state index is 15.1.